The van der Waals surface area contributed by atoms with Crippen molar-refractivity contribution in [2.45, 2.75) is 34.2 Å². The summed E-state index contributed by atoms with van der Waals surface area (Å²) >= 11 is 0. The maximum absolute atomic E-state index is 5.75. The third kappa shape index (κ3) is 4.53. The minimum absolute atomic E-state index is 0.385. The van der Waals surface area contributed by atoms with Crippen LogP contribution >= 0.6 is 0 Å². The van der Waals surface area contributed by atoms with E-state index in [1.807, 2.05) is 19.1 Å². The van der Waals surface area contributed by atoms with Crippen molar-refractivity contribution in [3.05, 3.63) is 47.3 Å². The van der Waals surface area contributed by atoms with Crippen LogP contribution in [0.5, 0.6) is 11.8 Å². The number of nitrogens with zero attached hydrogens (tertiary/aromatic N) is 2. The summed E-state index contributed by atoms with van der Waals surface area (Å²) < 4.78 is 5.75. The van der Waals surface area contributed by atoms with Gasteiger partial charge >= 0.3 is 6.01 Å². The monoisotopic (exact) mass is 285 g/mol. The SMILES string of the molecule is Cc1cccc(Oc2ncc(CNCC(C)C)cn2)c1C. The summed E-state index contributed by atoms with van der Waals surface area (Å²) in [5.74, 6) is 1.44. The predicted octanol–water partition coefficient (Wildman–Crippen LogP) is 3.63. The summed E-state index contributed by atoms with van der Waals surface area (Å²) in [6.45, 7) is 10.2. The van der Waals surface area contributed by atoms with Gasteiger partial charge in [0.25, 0.3) is 0 Å². The number of hydrogen-bond donors (Lipinski definition) is 1. The smallest absolute Gasteiger partial charge is 0.321 e. The summed E-state index contributed by atoms with van der Waals surface area (Å²) in [6, 6.07) is 6.36. The molecule has 0 saturated carbocycles. The lowest BCUT2D eigenvalue weighted by Gasteiger charge is -2.10. The van der Waals surface area contributed by atoms with Gasteiger partial charge in [-0.3, -0.25) is 0 Å². The third-order valence-corrected chi connectivity index (χ3v) is 3.32. The molecular formula is C17H23N3O. The zero-order chi connectivity index (χ0) is 15.2. The number of aryl methyl sites for hydroxylation is 1. The molecular weight excluding hydrogens is 262 g/mol. The van der Waals surface area contributed by atoms with Crippen LogP contribution in [0.2, 0.25) is 0 Å². The van der Waals surface area contributed by atoms with Crippen LogP contribution < -0.4 is 10.1 Å². The molecule has 112 valence electrons. The van der Waals surface area contributed by atoms with Crippen molar-refractivity contribution in [3.63, 3.8) is 0 Å². The molecule has 21 heavy (non-hydrogen) atoms. The molecule has 0 radical (unpaired) electrons. The van der Waals surface area contributed by atoms with E-state index in [9.17, 15) is 0 Å². The fraction of sp³-hybridized carbons (Fsp3) is 0.412. The van der Waals surface area contributed by atoms with Crippen LogP contribution in [0.1, 0.15) is 30.5 Å². The van der Waals surface area contributed by atoms with Crippen molar-refractivity contribution in [2.24, 2.45) is 5.92 Å². The number of rotatable bonds is 6. The van der Waals surface area contributed by atoms with E-state index in [0.717, 1.165) is 30.0 Å². The summed E-state index contributed by atoms with van der Waals surface area (Å²) in [5, 5.41) is 3.37. The first-order valence-corrected chi connectivity index (χ1v) is 7.32. The molecule has 2 rings (SSSR count). The molecule has 0 aliphatic carbocycles. The first-order valence-electron chi connectivity index (χ1n) is 7.32. The molecule has 4 nitrogen and oxygen atoms in total. The Balaban J connectivity index is 1.97. The van der Waals surface area contributed by atoms with E-state index in [1.54, 1.807) is 12.4 Å². The molecule has 0 spiro atoms. The second-order valence-corrected chi connectivity index (χ2v) is 5.70. The Morgan fingerprint density at radius 3 is 2.52 bits per heavy atom. The van der Waals surface area contributed by atoms with Crippen LogP contribution in [-0.4, -0.2) is 16.5 Å². The van der Waals surface area contributed by atoms with Gasteiger partial charge in [0.1, 0.15) is 5.75 Å². The standard InChI is InChI=1S/C17H23N3O/c1-12(2)8-18-9-15-10-19-17(20-11-15)21-16-7-5-6-13(3)14(16)4/h5-7,10-12,18H,8-9H2,1-4H3. The second-order valence-electron chi connectivity index (χ2n) is 5.70. The lowest BCUT2D eigenvalue weighted by Crippen LogP contribution is -2.19. The van der Waals surface area contributed by atoms with Gasteiger partial charge in [0.15, 0.2) is 0 Å². The molecule has 1 aromatic heterocycles. The third-order valence-electron chi connectivity index (χ3n) is 3.32. The molecule has 0 unspecified atom stereocenters. The van der Waals surface area contributed by atoms with Gasteiger partial charge in [0, 0.05) is 24.5 Å². The number of ether oxygens (including phenoxy) is 1. The first-order chi connectivity index (χ1) is 10.1. The molecule has 1 heterocycles. The molecule has 0 amide bonds. The lowest BCUT2D eigenvalue weighted by atomic mass is 10.1. The van der Waals surface area contributed by atoms with Crippen LogP contribution in [0, 0.1) is 19.8 Å². The zero-order valence-electron chi connectivity index (χ0n) is 13.2. The minimum Gasteiger partial charge on any atom is -0.424 e. The zero-order valence-corrected chi connectivity index (χ0v) is 13.2. The van der Waals surface area contributed by atoms with Gasteiger partial charge in [-0.25, -0.2) is 9.97 Å². The number of nitrogens with one attached hydrogen (secondary N) is 1. The normalized spacial score (nSPS) is 10.9. The maximum Gasteiger partial charge on any atom is 0.321 e. The highest BCUT2D eigenvalue weighted by Gasteiger charge is 2.05. The highest BCUT2D eigenvalue weighted by atomic mass is 16.5. The highest BCUT2D eigenvalue weighted by molar-refractivity contribution is 5.39. The summed E-state index contributed by atoms with van der Waals surface area (Å²) in [5.41, 5.74) is 3.37. The maximum atomic E-state index is 5.75. The molecule has 2 aromatic rings. The van der Waals surface area contributed by atoms with Crippen LogP contribution in [0.4, 0.5) is 0 Å². The van der Waals surface area contributed by atoms with Crippen LogP contribution in [0.15, 0.2) is 30.6 Å². The second kappa shape index (κ2) is 7.18. The van der Waals surface area contributed by atoms with Crippen molar-refractivity contribution in [1.29, 1.82) is 0 Å². The predicted molar refractivity (Wildman–Crippen MR) is 84.6 cm³/mol. The summed E-state index contributed by atoms with van der Waals surface area (Å²) in [4.78, 5) is 8.54. The van der Waals surface area contributed by atoms with Crippen LogP contribution in [-0.2, 0) is 6.54 Å². The van der Waals surface area contributed by atoms with Crippen LogP contribution in [0.25, 0.3) is 0 Å². The summed E-state index contributed by atoms with van der Waals surface area (Å²) in [6.07, 6.45) is 3.61. The van der Waals surface area contributed by atoms with Crippen molar-refractivity contribution in [3.8, 4) is 11.8 Å². The fourth-order valence-electron chi connectivity index (χ4n) is 1.93. The minimum atomic E-state index is 0.385. The van der Waals surface area contributed by atoms with Gasteiger partial charge < -0.3 is 10.1 Å². The molecule has 1 aromatic carbocycles. The van der Waals surface area contributed by atoms with Crippen molar-refractivity contribution in [1.82, 2.24) is 15.3 Å². The average molecular weight is 285 g/mol. The Labute approximate surface area is 126 Å². The summed E-state index contributed by atoms with van der Waals surface area (Å²) in [7, 11) is 0. The topological polar surface area (TPSA) is 47.0 Å². The van der Waals surface area contributed by atoms with Crippen molar-refractivity contribution in [2.75, 3.05) is 6.54 Å². The van der Waals surface area contributed by atoms with E-state index >= 15 is 0 Å². The average Bonchev–Trinajstić information content (AvgIpc) is 2.45. The van der Waals surface area contributed by atoms with E-state index in [4.69, 9.17) is 4.74 Å². The molecule has 0 atom stereocenters. The van der Waals surface area contributed by atoms with Gasteiger partial charge in [-0.15, -0.1) is 0 Å². The van der Waals surface area contributed by atoms with Crippen LogP contribution in [0.3, 0.4) is 0 Å². The highest BCUT2D eigenvalue weighted by Crippen LogP contribution is 2.24. The molecule has 0 fully saturated rings. The number of benzene rings is 1. The fourth-order valence-corrected chi connectivity index (χ4v) is 1.93. The van der Waals surface area contributed by atoms with Gasteiger partial charge in [-0.2, -0.15) is 0 Å². The molecule has 0 saturated heterocycles. The number of hydrogen-bond acceptors (Lipinski definition) is 4. The van der Waals surface area contributed by atoms with E-state index in [0.29, 0.717) is 11.9 Å². The van der Waals surface area contributed by atoms with E-state index in [2.05, 4.69) is 42.1 Å². The van der Waals surface area contributed by atoms with Gasteiger partial charge in [-0.1, -0.05) is 26.0 Å². The number of aromatic nitrogens is 2. The molecule has 0 bridgehead atoms. The Morgan fingerprint density at radius 1 is 1.14 bits per heavy atom. The Kier molecular flexibility index (Phi) is 5.28. The largest absolute Gasteiger partial charge is 0.424 e. The Morgan fingerprint density at radius 2 is 1.86 bits per heavy atom. The molecule has 0 aliphatic rings. The lowest BCUT2D eigenvalue weighted by molar-refractivity contribution is 0.437. The molecule has 0 aliphatic heterocycles. The van der Waals surface area contributed by atoms with Gasteiger partial charge in [-0.05, 0) is 43.5 Å². The van der Waals surface area contributed by atoms with Gasteiger partial charge in [0.2, 0.25) is 0 Å². The quantitative estimate of drug-likeness (QED) is 0.880. The van der Waals surface area contributed by atoms with Crippen molar-refractivity contribution >= 4 is 0 Å². The Bertz CT molecular complexity index is 579. The molecule has 1 N–H and O–H groups in total. The molecule has 4 heteroatoms. The Hall–Kier alpha value is -1.94. The first kappa shape index (κ1) is 15.4. The van der Waals surface area contributed by atoms with E-state index in [-0.39, 0.29) is 0 Å². The van der Waals surface area contributed by atoms with Gasteiger partial charge in [0.05, 0.1) is 0 Å². The van der Waals surface area contributed by atoms with E-state index < -0.39 is 0 Å². The van der Waals surface area contributed by atoms with E-state index in [1.165, 1.54) is 5.56 Å². The van der Waals surface area contributed by atoms with Crippen molar-refractivity contribution < 1.29 is 4.74 Å².